The molecule has 0 radical (unpaired) electrons. The summed E-state index contributed by atoms with van der Waals surface area (Å²) in [7, 11) is 0. The standard InChI is InChI=1S/C27H44/c1-3-16-5-18(16)7-20-9-22(20)11-24-13-26(24)15-27-14-25(27)12-23-10-21(23)8-19-6-17(19)4-2/h16-27H,3-15H2,1-2H3. The predicted octanol–water partition coefficient (Wildman–Crippen LogP) is 7.57. The minimum Gasteiger partial charge on any atom is -0.0651 e. The summed E-state index contributed by atoms with van der Waals surface area (Å²) in [5.74, 6) is 14.0. The summed E-state index contributed by atoms with van der Waals surface area (Å²) in [5.41, 5.74) is 0. The minimum atomic E-state index is 1.13. The zero-order valence-electron chi connectivity index (χ0n) is 18.1. The van der Waals surface area contributed by atoms with Crippen LogP contribution in [0.25, 0.3) is 0 Å². The molecular formula is C27H44. The van der Waals surface area contributed by atoms with Gasteiger partial charge in [0.05, 0.1) is 0 Å². The summed E-state index contributed by atoms with van der Waals surface area (Å²) >= 11 is 0. The normalized spacial score (nSPS) is 56.7. The van der Waals surface area contributed by atoms with Crippen LogP contribution in [-0.2, 0) is 0 Å². The molecular weight excluding hydrogens is 324 g/mol. The third-order valence-electron chi connectivity index (χ3n) is 10.5. The van der Waals surface area contributed by atoms with E-state index in [1.807, 2.05) is 0 Å². The van der Waals surface area contributed by atoms with Gasteiger partial charge >= 0.3 is 0 Å². The average molecular weight is 369 g/mol. The topological polar surface area (TPSA) is 0 Å². The van der Waals surface area contributed by atoms with Gasteiger partial charge in [-0.1, -0.05) is 26.7 Å². The second-order valence-corrected chi connectivity index (χ2v) is 12.5. The zero-order valence-corrected chi connectivity index (χ0v) is 18.1. The summed E-state index contributed by atoms with van der Waals surface area (Å²) in [6.07, 6.45) is 20.7. The fraction of sp³-hybridized carbons (Fsp3) is 1.00. The lowest BCUT2D eigenvalue weighted by atomic mass is 10.0. The molecule has 0 aromatic carbocycles. The molecule has 12 atom stereocenters. The van der Waals surface area contributed by atoms with Gasteiger partial charge in [-0.3, -0.25) is 0 Å². The van der Waals surface area contributed by atoms with E-state index < -0.39 is 0 Å². The highest BCUT2D eigenvalue weighted by Crippen LogP contribution is 2.62. The summed E-state index contributed by atoms with van der Waals surface area (Å²) < 4.78 is 0. The molecule has 6 rings (SSSR count). The Morgan fingerprint density at radius 3 is 0.704 bits per heavy atom. The van der Waals surface area contributed by atoms with Crippen molar-refractivity contribution in [3.8, 4) is 0 Å². The van der Waals surface area contributed by atoms with Gasteiger partial charge in [0, 0.05) is 0 Å². The maximum absolute atomic E-state index is 2.40. The third-order valence-corrected chi connectivity index (χ3v) is 10.5. The van der Waals surface area contributed by atoms with Gasteiger partial charge in [-0.25, -0.2) is 0 Å². The van der Waals surface area contributed by atoms with Crippen LogP contribution in [-0.4, -0.2) is 0 Å². The van der Waals surface area contributed by atoms with E-state index in [1.165, 1.54) is 60.2 Å². The summed E-state index contributed by atoms with van der Waals surface area (Å²) in [6.45, 7) is 4.79. The van der Waals surface area contributed by atoms with Crippen molar-refractivity contribution in [1.82, 2.24) is 0 Å². The first kappa shape index (κ1) is 17.8. The highest BCUT2D eigenvalue weighted by atomic mass is 14.6. The van der Waals surface area contributed by atoms with Gasteiger partial charge in [-0.15, -0.1) is 0 Å². The molecule has 6 aliphatic rings. The van der Waals surface area contributed by atoms with Gasteiger partial charge in [-0.05, 0) is 142 Å². The molecule has 0 aromatic heterocycles. The molecule has 0 heteroatoms. The number of rotatable bonds is 12. The fourth-order valence-electron chi connectivity index (χ4n) is 7.69. The fourth-order valence-corrected chi connectivity index (χ4v) is 7.69. The van der Waals surface area contributed by atoms with Gasteiger partial charge in [0.25, 0.3) is 0 Å². The van der Waals surface area contributed by atoms with E-state index in [-0.39, 0.29) is 0 Å². The largest absolute Gasteiger partial charge is 0.0651 e. The summed E-state index contributed by atoms with van der Waals surface area (Å²) in [4.78, 5) is 0. The van der Waals surface area contributed by atoms with Crippen LogP contribution in [0.3, 0.4) is 0 Å². The van der Waals surface area contributed by atoms with Crippen molar-refractivity contribution in [1.29, 1.82) is 0 Å². The van der Waals surface area contributed by atoms with E-state index in [4.69, 9.17) is 0 Å². The molecule has 0 aliphatic heterocycles. The second kappa shape index (κ2) is 6.77. The Kier molecular flexibility index (Phi) is 4.47. The van der Waals surface area contributed by atoms with Crippen molar-refractivity contribution in [3.05, 3.63) is 0 Å². The van der Waals surface area contributed by atoms with E-state index in [0.717, 1.165) is 23.7 Å². The predicted molar refractivity (Wildman–Crippen MR) is 113 cm³/mol. The summed E-state index contributed by atoms with van der Waals surface area (Å²) in [5, 5.41) is 0. The number of hydrogen-bond acceptors (Lipinski definition) is 0. The highest BCUT2D eigenvalue weighted by Gasteiger charge is 2.52. The first-order valence-corrected chi connectivity index (χ1v) is 13.2. The monoisotopic (exact) mass is 368 g/mol. The molecule has 6 fully saturated rings. The Morgan fingerprint density at radius 2 is 0.519 bits per heavy atom. The highest BCUT2D eigenvalue weighted by molar-refractivity contribution is 5.02. The van der Waals surface area contributed by atoms with Crippen LogP contribution in [0.15, 0.2) is 0 Å². The van der Waals surface area contributed by atoms with Crippen molar-refractivity contribution < 1.29 is 0 Å². The Hall–Kier alpha value is 0. The molecule has 27 heavy (non-hydrogen) atoms. The maximum atomic E-state index is 2.40. The molecule has 0 bridgehead atoms. The van der Waals surface area contributed by atoms with Crippen LogP contribution in [0.1, 0.15) is 97.3 Å². The molecule has 12 unspecified atom stereocenters. The van der Waals surface area contributed by atoms with Crippen LogP contribution < -0.4 is 0 Å². The number of hydrogen-bond donors (Lipinski definition) is 0. The van der Waals surface area contributed by atoms with E-state index in [1.54, 1.807) is 70.6 Å². The lowest BCUT2D eigenvalue weighted by Crippen LogP contribution is -1.94. The third kappa shape index (κ3) is 4.16. The first-order valence-electron chi connectivity index (χ1n) is 13.2. The van der Waals surface area contributed by atoms with Crippen LogP contribution >= 0.6 is 0 Å². The Bertz CT molecular complexity index is 502. The maximum Gasteiger partial charge on any atom is -0.0380 e. The SMILES string of the molecule is CCC1CC1CC1CC1CC1CC1CC1CC1CC1CC1CC1CC1CC. The Balaban J connectivity index is 0.829. The molecule has 0 aromatic rings. The molecule has 152 valence electrons. The van der Waals surface area contributed by atoms with Crippen molar-refractivity contribution in [2.45, 2.75) is 97.3 Å². The van der Waals surface area contributed by atoms with Crippen LogP contribution in [0.4, 0.5) is 0 Å². The van der Waals surface area contributed by atoms with E-state index in [2.05, 4.69) is 13.8 Å². The molecule has 6 aliphatic carbocycles. The molecule has 0 nitrogen and oxygen atoms in total. The second-order valence-electron chi connectivity index (χ2n) is 12.5. The van der Waals surface area contributed by atoms with Gasteiger partial charge in [0.1, 0.15) is 0 Å². The lowest BCUT2D eigenvalue weighted by molar-refractivity contribution is 0.474. The first-order chi connectivity index (χ1) is 13.2. The average Bonchev–Trinajstić information content (AvgIpc) is 3.50. The van der Waals surface area contributed by atoms with Gasteiger partial charge in [-0.2, -0.15) is 0 Å². The van der Waals surface area contributed by atoms with Crippen LogP contribution in [0.5, 0.6) is 0 Å². The van der Waals surface area contributed by atoms with Crippen molar-refractivity contribution in [2.24, 2.45) is 71.0 Å². The van der Waals surface area contributed by atoms with Crippen molar-refractivity contribution in [2.75, 3.05) is 0 Å². The van der Waals surface area contributed by atoms with Gasteiger partial charge < -0.3 is 0 Å². The van der Waals surface area contributed by atoms with E-state index >= 15 is 0 Å². The van der Waals surface area contributed by atoms with Gasteiger partial charge in [0.15, 0.2) is 0 Å². The molecule has 0 amide bonds. The van der Waals surface area contributed by atoms with Gasteiger partial charge in [0.2, 0.25) is 0 Å². The quantitative estimate of drug-likeness (QED) is 0.333. The van der Waals surface area contributed by atoms with Crippen molar-refractivity contribution in [3.63, 3.8) is 0 Å². The van der Waals surface area contributed by atoms with E-state index in [0.29, 0.717) is 0 Å². The minimum absolute atomic E-state index is 1.13. The molecule has 6 saturated carbocycles. The molecule has 0 saturated heterocycles. The van der Waals surface area contributed by atoms with Crippen molar-refractivity contribution >= 4 is 0 Å². The van der Waals surface area contributed by atoms with Crippen LogP contribution in [0, 0.1) is 71.0 Å². The smallest absolute Gasteiger partial charge is 0.0380 e. The van der Waals surface area contributed by atoms with Crippen LogP contribution in [0.2, 0.25) is 0 Å². The summed E-state index contributed by atoms with van der Waals surface area (Å²) in [6, 6.07) is 0. The Morgan fingerprint density at radius 1 is 0.333 bits per heavy atom. The Labute approximate surface area is 168 Å². The van der Waals surface area contributed by atoms with E-state index in [9.17, 15) is 0 Å². The molecule has 0 spiro atoms. The zero-order chi connectivity index (χ0) is 18.1. The molecule has 0 N–H and O–H groups in total. The molecule has 0 heterocycles. The lowest BCUT2D eigenvalue weighted by Gasteiger charge is -2.02.